The Hall–Kier alpha value is -4.17. The van der Waals surface area contributed by atoms with Crippen LogP contribution >= 0.6 is 0 Å². The number of nitrogens with one attached hydrogen (secondary N) is 1. The SMILES string of the molecule is N#Cc1ccc(C(=O)Nc2ccc(Oc3cccc4cnccc34)cc2)cc1. The van der Waals surface area contributed by atoms with Crippen LogP contribution in [0.2, 0.25) is 0 Å². The van der Waals surface area contributed by atoms with Crippen molar-refractivity contribution in [1.82, 2.24) is 4.98 Å². The summed E-state index contributed by atoms with van der Waals surface area (Å²) in [5, 5.41) is 13.6. The molecule has 134 valence electrons. The second kappa shape index (κ2) is 7.60. The van der Waals surface area contributed by atoms with Gasteiger partial charge in [0.05, 0.1) is 11.6 Å². The van der Waals surface area contributed by atoms with Gasteiger partial charge in [0.25, 0.3) is 5.91 Å². The maximum Gasteiger partial charge on any atom is 0.255 e. The van der Waals surface area contributed by atoms with Crippen molar-refractivity contribution < 1.29 is 9.53 Å². The molecule has 0 aliphatic carbocycles. The zero-order valence-corrected chi connectivity index (χ0v) is 14.8. The van der Waals surface area contributed by atoms with Crippen molar-refractivity contribution >= 4 is 22.4 Å². The van der Waals surface area contributed by atoms with E-state index in [0.29, 0.717) is 22.6 Å². The molecule has 0 bridgehead atoms. The minimum absolute atomic E-state index is 0.236. The molecule has 1 N–H and O–H groups in total. The average molecular weight is 365 g/mol. The number of hydrogen-bond donors (Lipinski definition) is 1. The zero-order chi connectivity index (χ0) is 19.3. The van der Waals surface area contributed by atoms with Crippen molar-refractivity contribution in [3.63, 3.8) is 0 Å². The van der Waals surface area contributed by atoms with Crippen LogP contribution in [0.15, 0.2) is 85.2 Å². The van der Waals surface area contributed by atoms with Gasteiger partial charge in [0.1, 0.15) is 11.5 Å². The minimum Gasteiger partial charge on any atom is -0.457 e. The second-order valence-corrected chi connectivity index (χ2v) is 6.12. The summed E-state index contributed by atoms with van der Waals surface area (Å²) in [4.78, 5) is 16.4. The van der Waals surface area contributed by atoms with E-state index in [9.17, 15) is 4.79 Å². The standard InChI is InChI=1S/C23H15N3O2/c24-14-16-4-6-17(7-5-16)23(27)26-19-8-10-20(11-9-19)28-22-3-1-2-18-15-25-13-12-21(18)22/h1-13,15H,(H,26,27). The number of amides is 1. The van der Waals surface area contributed by atoms with Gasteiger partial charge in [-0.15, -0.1) is 0 Å². The van der Waals surface area contributed by atoms with E-state index in [2.05, 4.69) is 10.3 Å². The number of ether oxygens (including phenoxy) is 1. The first-order chi connectivity index (χ1) is 13.7. The molecule has 5 nitrogen and oxygen atoms in total. The number of aromatic nitrogens is 1. The number of anilines is 1. The lowest BCUT2D eigenvalue weighted by Gasteiger charge is -2.10. The van der Waals surface area contributed by atoms with E-state index < -0.39 is 0 Å². The molecule has 0 fully saturated rings. The van der Waals surface area contributed by atoms with Gasteiger partial charge in [-0.05, 0) is 60.7 Å². The Morgan fingerprint density at radius 2 is 1.75 bits per heavy atom. The highest BCUT2D eigenvalue weighted by Gasteiger charge is 2.07. The van der Waals surface area contributed by atoms with Gasteiger partial charge in [0.15, 0.2) is 0 Å². The first kappa shape index (κ1) is 17.3. The minimum atomic E-state index is -0.236. The van der Waals surface area contributed by atoms with Gasteiger partial charge in [-0.2, -0.15) is 5.26 Å². The van der Waals surface area contributed by atoms with Gasteiger partial charge in [-0.1, -0.05) is 12.1 Å². The fourth-order valence-electron chi connectivity index (χ4n) is 2.81. The second-order valence-electron chi connectivity index (χ2n) is 6.12. The molecule has 5 heteroatoms. The summed E-state index contributed by atoms with van der Waals surface area (Å²) < 4.78 is 5.99. The lowest BCUT2D eigenvalue weighted by atomic mass is 10.1. The molecular formula is C23H15N3O2. The normalized spacial score (nSPS) is 10.2. The van der Waals surface area contributed by atoms with Crippen LogP contribution in [0.3, 0.4) is 0 Å². The number of rotatable bonds is 4. The summed E-state index contributed by atoms with van der Waals surface area (Å²) in [5.41, 5.74) is 1.66. The molecule has 0 saturated heterocycles. The Bertz CT molecular complexity index is 1170. The molecule has 0 saturated carbocycles. The number of carbonyl (C=O) groups is 1. The van der Waals surface area contributed by atoms with Gasteiger partial charge in [0, 0.05) is 34.4 Å². The van der Waals surface area contributed by atoms with Crippen LogP contribution in [0.1, 0.15) is 15.9 Å². The van der Waals surface area contributed by atoms with Crippen molar-refractivity contribution in [2.75, 3.05) is 5.32 Å². The fourth-order valence-corrected chi connectivity index (χ4v) is 2.81. The van der Waals surface area contributed by atoms with E-state index in [0.717, 1.165) is 16.5 Å². The number of nitrogens with zero attached hydrogens (tertiary/aromatic N) is 2. The third-order valence-electron chi connectivity index (χ3n) is 4.26. The van der Waals surface area contributed by atoms with Gasteiger partial charge < -0.3 is 10.1 Å². The van der Waals surface area contributed by atoms with Crippen LogP contribution in [0.4, 0.5) is 5.69 Å². The van der Waals surface area contributed by atoms with Crippen molar-refractivity contribution in [2.24, 2.45) is 0 Å². The summed E-state index contributed by atoms with van der Waals surface area (Å²) in [6.45, 7) is 0. The van der Waals surface area contributed by atoms with Gasteiger partial charge in [-0.3, -0.25) is 9.78 Å². The lowest BCUT2D eigenvalue weighted by molar-refractivity contribution is 0.102. The number of nitriles is 1. The highest BCUT2D eigenvalue weighted by Crippen LogP contribution is 2.29. The van der Waals surface area contributed by atoms with E-state index in [4.69, 9.17) is 10.00 Å². The highest BCUT2D eigenvalue weighted by molar-refractivity contribution is 6.04. The molecule has 4 aromatic rings. The summed E-state index contributed by atoms with van der Waals surface area (Å²) in [7, 11) is 0. The van der Waals surface area contributed by atoms with Gasteiger partial charge >= 0.3 is 0 Å². The summed E-state index contributed by atoms with van der Waals surface area (Å²) in [5.74, 6) is 1.18. The zero-order valence-electron chi connectivity index (χ0n) is 14.8. The Morgan fingerprint density at radius 1 is 0.964 bits per heavy atom. The lowest BCUT2D eigenvalue weighted by Crippen LogP contribution is -2.11. The molecule has 0 radical (unpaired) electrons. The predicted molar refractivity (Wildman–Crippen MR) is 107 cm³/mol. The third kappa shape index (κ3) is 3.67. The molecule has 0 aliphatic rings. The van der Waals surface area contributed by atoms with E-state index >= 15 is 0 Å². The van der Waals surface area contributed by atoms with E-state index in [-0.39, 0.29) is 5.91 Å². The quantitative estimate of drug-likeness (QED) is 0.543. The van der Waals surface area contributed by atoms with Crippen molar-refractivity contribution in [3.05, 3.63) is 96.3 Å². The highest BCUT2D eigenvalue weighted by atomic mass is 16.5. The monoisotopic (exact) mass is 365 g/mol. The van der Waals surface area contributed by atoms with Crippen LogP contribution in [0, 0.1) is 11.3 Å². The molecule has 1 aromatic heterocycles. The largest absolute Gasteiger partial charge is 0.457 e. The van der Waals surface area contributed by atoms with E-state index in [1.54, 1.807) is 60.9 Å². The molecule has 1 amide bonds. The summed E-state index contributed by atoms with van der Waals surface area (Å²) >= 11 is 0. The van der Waals surface area contributed by atoms with E-state index in [1.165, 1.54) is 0 Å². The molecule has 0 spiro atoms. The molecule has 3 aromatic carbocycles. The molecule has 0 unspecified atom stereocenters. The Kier molecular flexibility index (Phi) is 4.68. The van der Waals surface area contributed by atoms with Crippen molar-refractivity contribution in [1.29, 1.82) is 5.26 Å². The van der Waals surface area contributed by atoms with Crippen LogP contribution in [-0.2, 0) is 0 Å². The fraction of sp³-hybridized carbons (Fsp3) is 0. The Labute approximate surface area is 161 Å². The first-order valence-electron chi connectivity index (χ1n) is 8.65. The third-order valence-corrected chi connectivity index (χ3v) is 4.26. The Morgan fingerprint density at radius 3 is 2.50 bits per heavy atom. The first-order valence-corrected chi connectivity index (χ1v) is 8.65. The molecule has 0 aliphatic heterocycles. The maximum absolute atomic E-state index is 12.3. The number of fused-ring (bicyclic) bond motifs is 1. The van der Waals surface area contributed by atoms with Crippen molar-refractivity contribution in [2.45, 2.75) is 0 Å². The number of hydrogen-bond acceptors (Lipinski definition) is 4. The average Bonchev–Trinajstić information content (AvgIpc) is 2.75. The van der Waals surface area contributed by atoms with Crippen LogP contribution in [0.25, 0.3) is 10.8 Å². The molecular weight excluding hydrogens is 350 g/mol. The molecule has 4 rings (SSSR count). The number of benzene rings is 3. The molecule has 0 atom stereocenters. The topological polar surface area (TPSA) is 75.0 Å². The van der Waals surface area contributed by atoms with Crippen LogP contribution in [0.5, 0.6) is 11.5 Å². The van der Waals surface area contributed by atoms with E-state index in [1.807, 2.05) is 30.3 Å². The maximum atomic E-state index is 12.3. The smallest absolute Gasteiger partial charge is 0.255 e. The van der Waals surface area contributed by atoms with Gasteiger partial charge in [-0.25, -0.2) is 0 Å². The number of pyridine rings is 1. The van der Waals surface area contributed by atoms with Crippen LogP contribution in [-0.4, -0.2) is 10.9 Å². The Balaban J connectivity index is 1.47. The van der Waals surface area contributed by atoms with Crippen LogP contribution < -0.4 is 10.1 Å². The number of carbonyl (C=O) groups excluding carboxylic acids is 1. The molecule has 28 heavy (non-hydrogen) atoms. The van der Waals surface area contributed by atoms with Gasteiger partial charge in [0.2, 0.25) is 0 Å². The predicted octanol–water partition coefficient (Wildman–Crippen LogP) is 5.15. The van der Waals surface area contributed by atoms with Crippen molar-refractivity contribution in [3.8, 4) is 17.6 Å². The summed E-state index contributed by atoms with van der Waals surface area (Å²) in [6, 6.07) is 23.4. The molecule has 1 heterocycles. The summed E-state index contributed by atoms with van der Waals surface area (Å²) in [6.07, 6.45) is 3.53.